The van der Waals surface area contributed by atoms with Crippen LogP contribution in [-0.2, 0) is 0 Å². The van der Waals surface area contributed by atoms with Crippen molar-refractivity contribution in [1.29, 1.82) is 0 Å². The van der Waals surface area contributed by atoms with Crippen molar-refractivity contribution in [2.45, 2.75) is 38.3 Å². The lowest BCUT2D eigenvalue weighted by Crippen LogP contribution is -2.50. The van der Waals surface area contributed by atoms with E-state index in [1.54, 1.807) is 0 Å². The van der Waals surface area contributed by atoms with Crippen molar-refractivity contribution in [2.75, 3.05) is 20.1 Å². The highest BCUT2D eigenvalue weighted by molar-refractivity contribution is 4.87. The third-order valence-corrected chi connectivity index (χ3v) is 3.06. The van der Waals surface area contributed by atoms with Crippen molar-refractivity contribution in [2.24, 2.45) is 0 Å². The van der Waals surface area contributed by atoms with Crippen LogP contribution in [0, 0.1) is 0 Å². The van der Waals surface area contributed by atoms with Gasteiger partial charge in [-0.25, -0.2) is 0 Å². The Hall–Kier alpha value is -0.340. The SMILES string of the molecule is C=CCN1CCCCC1C(C)NC. The summed E-state index contributed by atoms with van der Waals surface area (Å²) in [6, 6.07) is 1.30. The van der Waals surface area contributed by atoms with Gasteiger partial charge in [-0.3, -0.25) is 4.90 Å². The summed E-state index contributed by atoms with van der Waals surface area (Å²) in [7, 11) is 2.05. The van der Waals surface area contributed by atoms with E-state index in [1.165, 1.54) is 25.8 Å². The maximum Gasteiger partial charge on any atom is 0.0249 e. The minimum absolute atomic E-state index is 0.597. The molecule has 0 aromatic rings. The largest absolute Gasteiger partial charge is 0.316 e. The van der Waals surface area contributed by atoms with Gasteiger partial charge in [0.2, 0.25) is 0 Å². The van der Waals surface area contributed by atoms with Crippen molar-refractivity contribution in [3.8, 4) is 0 Å². The highest BCUT2D eigenvalue weighted by atomic mass is 15.2. The fraction of sp³-hybridized carbons (Fsp3) is 0.818. The van der Waals surface area contributed by atoms with Crippen molar-refractivity contribution < 1.29 is 0 Å². The molecule has 2 unspecified atom stereocenters. The zero-order valence-corrected chi connectivity index (χ0v) is 8.92. The molecule has 0 aromatic carbocycles. The second kappa shape index (κ2) is 5.40. The molecule has 0 radical (unpaired) electrons. The Kier molecular flexibility index (Phi) is 4.46. The van der Waals surface area contributed by atoms with Crippen LogP contribution in [0.15, 0.2) is 12.7 Å². The molecule has 0 amide bonds. The molecule has 0 saturated carbocycles. The van der Waals surface area contributed by atoms with Crippen molar-refractivity contribution in [3.63, 3.8) is 0 Å². The smallest absolute Gasteiger partial charge is 0.0249 e. The topological polar surface area (TPSA) is 15.3 Å². The zero-order chi connectivity index (χ0) is 9.68. The number of piperidine rings is 1. The summed E-state index contributed by atoms with van der Waals surface area (Å²) in [4.78, 5) is 2.54. The fourth-order valence-electron chi connectivity index (χ4n) is 2.17. The van der Waals surface area contributed by atoms with Crippen LogP contribution in [0.3, 0.4) is 0 Å². The summed E-state index contributed by atoms with van der Waals surface area (Å²) in [5.41, 5.74) is 0. The van der Waals surface area contributed by atoms with Crippen LogP contribution in [0.4, 0.5) is 0 Å². The van der Waals surface area contributed by atoms with Gasteiger partial charge >= 0.3 is 0 Å². The van der Waals surface area contributed by atoms with E-state index in [1.807, 2.05) is 13.1 Å². The highest BCUT2D eigenvalue weighted by Gasteiger charge is 2.25. The molecule has 2 nitrogen and oxygen atoms in total. The van der Waals surface area contributed by atoms with E-state index in [4.69, 9.17) is 0 Å². The molecule has 0 aromatic heterocycles. The Balaban J connectivity index is 2.50. The van der Waals surface area contributed by atoms with Crippen LogP contribution in [0.2, 0.25) is 0 Å². The van der Waals surface area contributed by atoms with Crippen molar-refractivity contribution in [3.05, 3.63) is 12.7 Å². The average Bonchev–Trinajstić information content (AvgIpc) is 2.18. The third-order valence-electron chi connectivity index (χ3n) is 3.06. The summed E-state index contributed by atoms with van der Waals surface area (Å²) in [6.07, 6.45) is 6.07. The Morgan fingerprint density at radius 1 is 1.62 bits per heavy atom. The Labute approximate surface area is 82.0 Å². The Morgan fingerprint density at radius 3 is 3.00 bits per heavy atom. The molecule has 1 rings (SSSR count). The van der Waals surface area contributed by atoms with Gasteiger partial charge in [-0.2, -0.15) is 0 Å². The van der Waals surface area contributed by atoms with E-state index >= 15 is 0 Å². The standard InChI is InChI=1S/C11H22N2/c1-4-8-13-9-6-5-7-11(13)10(2)12-3/h4,10-12H,1,5-9H2,2-3H3. The minimum atomic E-state index is 0.597. The first-order valence-corrected chi connectivity index (χ1v) is 5.31. The monoisotopic (exact) mass is 182 g/mol. The molecule has 13 heavy (non-hydrogen) atoms. The van der Waals surface area contributed by atoms with Gasteiger partial charge in [-0.1, -0.05) is 12.5 Å². The van der Waals surface area contributed by atoms with E-state index in [0.29, 0.717) is 12.1 Å². The zero-order valence-electron chi connectivity index (χ0n) is 8.92. The molecule has 1 aliphatic rings. The molecular weight excluding hydrogens is 160 g/mol. The van der Waals surface area contributed by atoms with Gasteiger partial charge in [-0.05, 0) is 33.4 Å². The molecule has 1 fully saturated rings. The number of rotatable bonds is 4. The Morgan fingerprint density at radius 2 is 2.38 bits per heavy atom. The van der Waals surface area contributed by atoms with Gasteiger partial charge < -0.3 is 5.32 Å². The molecule has 2 atom stereocenters. The molecule has 0 aliphatic carbocycles. The molecule has 0 bridgehead atoms. The second-order valence-corrected chi connectivity index (χ2v) is 3.92. The summed E-state index contributed by atoms with van der Waals surface area (Å²) < 4.78 is 0. The van der Waals surface area contributed by atoms with Gasteiger partial charge in [0, 0.05) is 18.6 Å². The second-order valence-electron chi connectivity index (χ2n) is 3.92. The lowest BCUT2D eigenvalue weighted by atomic mass is 9.96. The molecular formula is C11H22N2. The maximum atomic E-state index is 3.81. The van der Waals surface area contributed by atoms with Gasteiger partial charge in [0.25, 0.3) is 0 Å². The van der Waals surface area contributed by atoms with E-state index in [-0.39, 0.29) is 0 Å². The normalized spacial score (nSPS) is 27.1. The minimum Gasteiger partial charge on any atom is -0.316 e. The number of likely N-dealkylation sites (tertiary alicyclic amines) is 1. The third kappa shape index (κ3) is 2.82. The predicted octanol–water partition coefficient (Wildman–Crippen LogP) is 1.63. The van der Waals surface area contributed by atoms with E-state index in [9.17, 15) is 0 Å². The number of likely N-dealkylation sites (N-methyl/N-ethyl adjacent to an activating group) is 1. The highest BCUT2D eigenvalue weighted by Crippen LogP contribution is 2.19. The Bertz CT molecular complexity index is 156. The summed E-state index contributed by atoms with van der Waals surface area (Å²) in [6.45, 7) is 8.36. The number of hydrogen-bond donors (Lipinski definition) is 1. The first-order chi connectivity index (χ1) is 6.29. The van der Waals surface area contributed by atoms with Crippen LogP contribution in [-0.4, -0.2) is 37.1 Å². The lowest BCUT2D eigenvalue weighted by Gasteiger charge is -2.38. The lowest BCUT2D eigenvalue weighted by molar-refractivity contribution is 0.136. The summed E-state index contributed by atoms with van der Waals surface area (Å²) in [5.74, 6) is 0. The van der Waals surface area contributed by atoms with Crippen LogP contribution in [0.25, 0.3) is 0 Å². The molecule has 0 spiro atoms. The first kappa shape index (κ1) is 10.7. The van der Waals surface area contributed by atoms with Crippen molar-refractivity contribution >= 4 is 0 Å². The number of hydrogen-bond acceptors (Lipinski definition) is 2. The maximum absolute atomic E-state index is 3.81. The molecule has 1 saturated heterocycles. The quantitative estimate of drug-likeness (QED) is 0.665. The van der Waals surface area contributed by atoms with E-state index in [2.05, 4.69) is 23.7 Å². The molecule has 1 heterocycles. The average molecular weight is 182 g/mol. The van der Waals surface area contributed by atoms with Crippen molar-refractivity contribution in [1.82, 2.24) is 10.2 Å². The summed E-state index contributed by atoms with van der Waals surface area (Å²) >= 11 is 0. The van der Waals surface area contributed by atoms with E-state index in [0.717, 1.165) is 6.54 Å². The molecule has 2 heteroatoms. The van der Waals surface area contributed by atoms with Crippen LogP contribution >= 0.6 is 0 Å². The first-order valence-electron chi connectivity index (χ1n) is 5.31. The van der Waals surface area contributed by atoms with Gasteiger partial charge in [0.15, 0.2) is 0 Å². The van der Waals surface area contributed by atoms with Crippen LogP contribution in [0.5, 0.6) is 0 Å². The molecule has 76 valence electrons. The molecule has 1 N–H and O–H groups in total. The van der Waals surface area contributed by atoms with Gasteiger partial charge in [0.05, 0.1) is 0 Å². The predicted molar refractivity (Wildman–Crippen MR) is 57.9 cm³/mol. The van der Waals surface area contributed by atoms with Gasteiger partial charge in [-0.15, -0.1) is 6.58 Å². The summed E-state index contributed by atoms with van der Waals surface area (Å²) in [5, 5.41) is 3.35. The van der Waals surface area contributed by atoms with Gasteiger partial charge in [0.1, 0.15) is 0 Å². The molecule has 1 aliphatic heterocycles. The number of nitrogens with zero attached hydrogens (tertiary/aromatic N) is 1. The van der Waals surface area contributed by atoms with Crippen LogP contribution < -0.4 is 5.32 Å². The fourth-order valence-corrected chi connectivity index (χ4v) is 2.17. The van der Waals surface area contributed by atoms with Crippen LogP contribution in [0.1, 0.15) is 26.2 Å². The number of nitrogens with one attached hydrogen (secondary N) is 1. The van der Waals surface area contributed by atoms with E-state index < -0.39 is 0 Å².